The summed E-state index contributed by atoms with van der Waals surface area (Å²) < 4.78 is 36.0. The zero-order valence-corrected chi connectivity index (χ0v) is 14.9. The van der Waals surface area contributed by atoms with E-state index >= 15 is 0 Å². The van der Waals surface area contributed by atoms with Crippen molar-refractivity contribution < 1.29 is 17.7 Å². The van der Waals surface area contributed by atoms with Gasteiger partial charge in [-0.1, -0.05) is 24.0 Å². The van der Waals surface area contributed by atoms with Gasteiger partial charge in [-0.3, -0.25) is 0 Å². The molecule has 29 heavy (non-hydrogen) atoms. The second-order valence-electron chi connectivity index (χ2n) is 6.02. The van der Waals surface area contributed by atoms with Crippen LogP contribution in [0, 0.1) is 23.2 Å². The number of oxazole rings is 1. The Labute approximate surface area is 165 Å². The molecule has 0 aliphatic carbocycles. The van der Waals surface area contributed by atoms with E-state index < -0.39 is 7.47 Å². The zero-order valence-electron chi connectivity index (χ0n) is 14.9. The Kier molecular flexibility index (Phi) is 4.96. The molecule has 138 valence electrons. The Morgan fingerprint density at radius 1 is 0.897 bits per heavy atom. The molecule has 3 aromatic carbocycles. The van der Waals surface area contributed by atoms with Gasteiger partial charge in [0.2, 0.25) is 5.89 Å². The topological polar surface area (TPSA) is 59.0 Å². The molecule has 0 spiro atoms. The summed E-state index contributed by atoms with van der Waals surface area (Å²) in [5, 5.41) is 8.85. The van der Waals surface area contributed by atoms with E-state index in [0.29, 0.717) is 22.2 Å². The van der Waals surface area contributed by atoms with Crippen molar-refractivity contribution in [3.8, 4) is 35.1 Å². The number of halogens is 2. The van der Waals surface area contributed by atoms with E-state index in [1.165, 1.54) is 6.07 Å². The first-order valence-corrected chi connectivity index (χ1v) is 8.59. The Morgan fingerprint density at radius 2 is 1.59 bits per heavy atom. The minimum atomic E-state index is -2.98. The lowest BCUT2D eigenvalue weighted by atomic mass is 10.1. The number of para-hydroxylation sites is 2. The number of hydrogen-bond acceptors (Lipinski definition) is 4. The summed E-state index contributed by atoms with van der Waals surface area (Å²) in [7, 11) is -2.98. The molecule has 0 N–H and O–H groups in total. The van der Waals surface area contributed by atoms with E-state index in [-0.39, 0.29) is 17.2 Å². The van der Waals surface area contributed by atoms with Crippen LogP contribution in [-0.2, 0) is 0 Å². The number of benzene rings is 3. The largest absolute Gasteiger partial charge is 0.796 e. The van der Waals surface area contributed by atoms with Crippen molar-refractivity contribution in [2.24, 2.45) is 0 Å². The Morgan fingerprint density at radius 3 is 2.31 bits per heavy atom. The Hall–Kier alpha value is -4.10. The second-order valence-corrected chi connectivity index (χ2v) is 6.02. The van der Waals surface area contributed by atoms with E-state index in [1.807, 2.05) is 12.1 Å². The molecule has 0 saturated carbocycles. The number of nitrogens with zero attached hydrogens (tertiary/aromatic N) is 2. The summed E-state index contributed by atoms with van der Waals surface area (Å²) in [6.45, 7) is 0. The molecule has 0 aliphatic heterocycles. The molecule has 1 aromatic heterocycles. The molecular weight excluding hydrogens is 373 g/mol. The highest BCUT2D eigenvalue weighted by molar-refractivity contribution is 6.35. The van der Waals surface area contributed by atoms with Crippen LogP contribution in [0.5, 0.6) is 5.75 Å². The number of fused-ring (bicyclic) bond motifs is 1. The third-order valence-electron chi connectivity index (χ3n) is 4.09. The molecule has 0 atom stereocenters. The standard InChI is InChI=1S/C22H11BF2N2O2/c24-23(25)29-20-12-11-16(8-5-15-6-9-17(14-26)10-7-15)13-18(20)22-27-19-3-1-2-4-21(19)28-22/h1-4,6-7,9-13H. The van der Waals surface area contributed by atoms with Gasteiger partial charge >= 0.3 is 7.47 Å². The molecule has 4 rings (SSSR count). The lowest BCUT2D eigenvalue weighted by Crippen LogP contribution is -2.09. The van der Waals surface area contributed by atoms with Crippen LogP contribution in [0.1, 0.15) is 16.7 Å². The average molecular weight is 384 g/mol. The molecule has 1 heterocycles. The van der Waals surface area contributed by atoms with E-state index in [4.69, 9.17) is 9.68 Å². The molecule has 0 amide bonds. The lowest BCUT2D eigenvalue weighted by molar-refractivity contribution is 0.426. The van der Waals surface area contributed by atoms with Gasteiger partial charge in [0.1, 0.15) is 11.3 Å². The summed E-state index contributed by atoms with van der Waals surface area (Å²) in [6.07, 6.45) is 0. The van der Waals surface area contributed by atoms with Gasteiger partial charge in [0.05, 0.1) is 17.2 Å². The highest BCUT2D eigenvalue weighted by Crippen LogP contribution is 2.33. The second kappa shape index (κ2) is 7.88. The van der Waals surface area contributed by atoms with Crippen LogP contribution in [0.15, 0.2) is 71.1 Å². The van der Waals surface area contributed by atoms with Gasteiger partial charge in [0.15, 0.2) is 5.58 Å². The van der Waals surface area contributed by atoms with Gasteiger partial charge in [-0.2, -0.15) is 5.26 Å². The first-order valence-electron chi connectivity index (χ1n) is 8.59. The van der Waals surface area contributed by atoms with Crippen molar-refractivity contribution in [2.45, 2.75) is 0 Å². The third-order valence-corrected chi connectivity index (χ3v) is 4.09. The van der Waals surface area contributed by atoms with Crippen molar-refractivity contribution >= 4 is 18.6 Å². The monoisotopic (exact) mass is 384 g/mol. The Balaban J connectivity index is 1.74. The van der Waals surface area contributed by atoms with Crippen LogP contribution >= 0.6 is 0 Å². The molecular formula is C22H11BF2N2O2. The van der Waals surface area contributed by atoms with E-state index in [1.54, 1.807) is 54.6 Å². The summed E-state index contributed by atoms with van der Waals surface area (Å²) in [4.78, 5) is 4.36. The summed E-state index contributed by atoms with van der Waals surface area (Å²) in [6, 6.07) is 20.6. The van der Waals surface area contributed by atoms with Crippen LogP contribution in [0.25, 0.3) is 22.6 Å². The zero-order chi connectivity index (χ0) is 20.2. The summed E-state index contributed by atoms with van der Waals surface area (Å²) in [5.74, 6) is 6.08. The van der Waals surface area contributed by atoms with Crippen LogP contribution in [0.2, 0.25) is 0 Å². The van der Waals surface area contributed by atoms with E-state index in [2.05, 4.69) is 21.5 Å². The maximum atomic E-state index is 12.8. The van der Waals surface area contributed by atoms with E-state index in [0.717, 1.165) is 5.56 Å². The van der Waals surface area contributed by atoms with Crippen molar-refractivity contribution in [3.63, 3.8) is 0 Å². The number of rotatable bonds is 3. The first kappa shape index (κ1) is 18.3. The number of aromatic nitrogens is 1. The maximum Gasteiger partial charge on any atom is 0.796 e. The third kappa shape index (κ3) is 4.10. The van der Waals surface area contributed by atoms with Gasteiger partial charge in [-0.15, -0.1) is 0 Å². The quantitative estimate of drug-likeness (QED) is 0.366. The van der Waals surface area contributed by atoms with Crippen molar-refractivity contribution in [1.82, 2.24) is 4.98 Å². The fraction of sp³-hybridized carbons (Fsp3) is 0. The predicted molar refractivity (Wildman–Crippen MR) is 105 cm³/mol. The normalized spacial score (nSPS) is 10.1. The van der Waals surface area contributed by atoms with Crippen molar-refractivity contribution in [3.05, 3.63) is 83.4 Å². The summed E-state index contributed by atoms with van der Waals surface area (Å²) >= 11 is 0. The lowest BCUT2D eigenvalue weighted by Gasteiger charge is -2.07. The Bertz CT molecular complexity index is 1250. The van der Waals surface area contributed by atoms with Crippen LogP contribution in [0.3, 0.4) is 0 Å². The minimum absolute atomic E-state index is 0.0459. The molecule has 0 unspecified atom stereocenters. The smallest absolute Gasteiger partial charge is 0.505 e. The molecule has 0 fully saturated rings. The molecule has 4 nitrogen and oxygen atoms in total. The average Bonchev–Trinajstić information content (AvgIpc) is 3.17. The fourth-order valence-electron chi connectivity index (χ4n) is 2.73. The molecule has 0 aliphatic rings. The molecule has 0 saturated heterocycles. The van der Waals surface area contributed by atoms with Crippen molar-refractivity contribution in [1.29, 1.82) is 5.26 Å². The van der Waals surface area contributed by atoms with Gasteiger partial charge in [-0.25, -0.2) is 13.6 Å². The predicted octanol–water partition coefficient (Wildman–Crippen LogP) is 5.07. The van der Waals surface area contributed by atoms with Gasteiger partial charge < -0.3 is 9.07 Å². The maximum absolute atomic E-state index is 12.8. The van der Waals surface area contributed by atoms with Gasteiger partial charge in [-0.05, 0) is 54.6 Å². The SMILES string of the molecule is N#Cc1ccc(C#Cc2ccc(OB(F)F)c(-c3nc4ccccc4o3)c2)cc1. The molecule has 0 bridgehead atoms. The van der Waals surface area contributed by atoms with Crippen LogP contribution in [0.4, 0.5) is 8.63 Å². The number of hydrogen-bond donors (Lipinski definition) is 0. The molecule has 7 heteroatoms. The van der Waals surface area contributed by atoms with Gasteiger partial charge in [0, 0.05) is 11.1 Å². The summed E-state index contributed by atoms with van der Waals surface area (Å²) in [5.41, 5.74) is 3.28. The highest BCUT2D eigenvalue weighted by Gasteiger charge is 2.22. The van der Waals surface area contributed by atoms with Gasteiger partial charge in [0.25, 0.3) is 0 Å². The highest BCUT2D eigenvalue weighted by atomic mass is 19.2. The first-order chi connectivity index (χ1) is 14.1. The molecule has 0 radical (unpaired) electrons. The minimum Gasteiger partial charge on any atom is -0.505 e. The van der Waals surface area contributed by atoms with Crippen molar-refractivity contribution in [2.75, 3.05) is 0 Å². The van der Waals surface area contributed by atoms with E-state index in [9.17, 15) is 8.63 Å². The van der Waals surface area contributed by atoms with Crippen LogP contribution in [-0.4, -0.2) is 12.5 Å². The molecule has 4 aromatic rings. The fourth-order valence-corrected chi connectivity index (χ4v) is 2.73. The van der Waals surface area contributed by atoms with Crippen LogP contribution < -0.4 is 4.65 Å². The number of nitriles is 1.